The Morgan fingerprint density at radius 1 is 0.522 bits per heavy atom. The topological polar surface area (TPSA) is 251 Å². The van der Waals surface area contributed by atoms with E-state index in [1.807, 2.05) is 27.7 Å². The Hall–Kier alpha value is -4.97. The van der Waals surface area contributed by atoms with Crippen LogP contribution in [0.4, 0.5) is 4.79 Å². The Kier molecular flexibility index (Phi) is 22.5. The smallest absolute Gasteiger partial charge is 0.408 e. The first-order valence-corrected chi connectivity index (χ1v) is 24.2. The lowest BCUT2D eigenvalue weighted by molar-refractivity contribution is -0.149. The van der Waals surface area contributed by atoms with Crippen molar-refractivity contribution in [3.8, 4) is 0 Å². The Morgan fingerprint density at radius 2 is 0.925 bits per heavy atom. The summed E-state index contributed by atoms with van der Waals surface area (Å²) in [4.78, 5) is 126. The Morgan fingerprint density at radius 3 is 1.34 bits per heavy atom. The molecule has 2 heterocycles. The Labute approximate surface area is 398 Å². The molecule has 382 valence electrons. The number of nitrogens with one attached hydrogen (secondary N) is 6. The number of alkyl carbamates (subject to hydrolysis) is 1. The van der Waals surface area contributed by atoms with E-state index in [9.17, 15) is 43.2 Å². The number of methoxy groups -OCH3 is 1. The van der Waals surface area contributed by atoms with Crippen molar-refractivity contribution in [1.29, 1.82) is 0 Å². The predicted molar refractivity (Wildman–Crippen MR) is 253 cm³/mol. The van der Waals surface area contributed by atoms with Crippen molar-refractivity contribution >= 4 is 53.4 Å². The largest absolute Gasteiger partial charge is 0.467 e. The van der Waals surface area contributed by atoms with Crippen LogP contribution in [0.5, 0.6) is 0 Å². The van der Waals surface area contributed by atoms with Gasteiger partial charge in [-0.2, -0.15) is 0 Å². The maximum absolute atomic E-state index is 14.4. The van der Waals surface area contributed by atoms with Crippen LogP contribution in [-0.2, 0) is 47.8 Å². The molecule has 19 nitrogen and oxygen atoms in total. The number of rotatable bonds is 22. The monoisotopic (exact) mass is 949 g/mol. The summed E-state index contributed by atoms with van der Waals surface area (Å²) in [6, 6.07) is -7.99. The lowest BCUT2D eigenvalue weighted by atomic mass is 9.97. The molecule has 0 aromatic carbocycles. The van der Waals surface area contributed by atoms with E-state index < -0.39 is 119 Å². The fourth-order valence-corrected chi connectivity index (χ4v) is 8.29. The summed E-state index contributed by atoms with van der Waals surface area (Å²) < 4.78 is 10.2. The molecule has 2 aliphatic rings. The van der Waals surface area contributed by atoms with E-state index in [4.69, 9.17) is 9.47 Å². The number of carbonyl (C=O) groups excluding carboxylic acids is 9. The normalized spacial score (nSPS) is 19.1. The molecule has 2 saturated heterocycles. The Balaban J connectivity index is 2.27. The average molecular weight is 949 g/mol. The highest BCUT2D eigenvalue weighted by atomic mass is 16.6. The molecule has 6 N–H and O–H groups in total. The SMILES string of the molecule is COC(=O)[C@@H](NC(=O)[C@@H](NC(=O)[C@H](CC(C)C)NC(=O)[C@@H]1CCCN1C(=O)[C@H]1CCCN1C(=O)[C@@H](NC(=O)[C@@H](NC(=O)[C@H](CC(C)C)NC(=O)OC(C)(C)C)C(C)C)C(C)C)C(C)C)C(C)C. The van der Waals surface area contributed by atoms with E-state index in [-0.39, 0.29) is 49.6 Å². The van der Waals surface area contributed by atoms with E-state index in [2.05, 4.69) is 31.9 Å². The van der Waals surface area contributed by atoms with Crippen molar-refractivity contribution in [3.63, 3.8) is 0 Å². The van der Waals surface area contributed by atoms with Crippen molar-refractivity contribution in [2.24, 2.45) is 35.5 Å². The summed E-state index contributed by atoms with van der Waals surface area (Å²) in [5, 5.41) is 16.6. The minimum atomic E-state index is -1.07. The van der Waals surface area contributed by atoms with Crippen LogP contribution in [0.1, 0.15) is 142 Å². The summed E-state index contributed by atoms with van der Waals surface area (Å²) in [6.07, 6.45) is 1.43. The van der Waals surface area contributed by atoms with Gasteiger partial charge in [-0.3, -0.25) is 33.6 Å². The van der Waals surface area contributed by atoms with Gasteiger partial charge in [0.25, 0.3) is 0 Å². The van der Waals surface area contributed by atoms with E-state index >= 15 is 0 Å². The second kappa shape index (κ2) is 26.0. The number of ether oxygens (including phenoxy) is 2. The Bertz CT molecular complexity index is 1740. The molecule has 0 saturated carbocycles. The van der Waals surface area contributed by atoms with E-state index in [0.29, 0.717) is 25.7 Å². The number of likely N-dealkylation sites (tertiary alicyclic amines) is 2. The summed E-state index contributed by atoms with van der Waals surface area (Å²) >= 11 is 0. The molecule has 0 unspecified atom stereocenters. The first kappa shape index (κ1) is 58.2. The minimum Gasteiger partial charge on any atom is -0.467 e. The second-order valence-corrected chi connectivity index (χ2v) is 21.3. The van der Waals surface area contributed by atoms with E-state index in [1.165, 1.54) is 16.9 Å². The van der Waals surface area contributed by atoms with Crippen LogP contribution in [0.3, 0.4) is 0 Å². The summed E-state index contributed by atoms with van der Waals surface area (Å²) in [7, 11) is 1.23. The molecule has 8 amide bonds. The number of carbonyl (C=O) groups is 9. The van der Waals surface area contributed by atoms with Gasteiger partial charge in [0.05, 0.1) is 7.11 Å². The number of hydrogen-bond donors (Lipinski definition) is 6. The van der Waals surface area contributed by atoms with Crippen LogP contribution >= 0.6 is 0 Å². The highest BCUT2D eigenvalue weighted by Crippen LogP contribution is 2.27. The van der Waals surface area contributed by atoms with Crippen molar-refractivity contribution in [1.82, 2.24) is 41.7 Å². The third kappa shape index (κ3) is 17.6. The second-order valence-electron chi connectivity index (χ2n) is 21.3. The fraction of sp³-hybridized carbons (Fsp3) is 0.812. The van der Waals surface area contributed by atoms with Gasteiger partial charge in [0.1, 0.15) is 53.9 Å². The standard InChI is InChI=1S/C48H84N8O11/c1-25(2)23-31(39(57)51-36(28(7)8)43(61)54-38(30(11)12)46(64)66-16)49-41(59)33-19-17-21-55(33)44(62)34-20-18-22-56(34)45(63)37(29(9)10)53-42(60)35(27(5)6)52-40(58)32(24-26(3)4)50-47(65)67-48(13,14)15/h25-38H,17-24H2,1-16H3,(H,49,59)(H,50,65)(H,51,57)(H,52,58)(H,53,60)(H,54,61)/t31-,32-,33-,34+,35-,36-,37-,38-/m0/s1. The first-order valence-electron chi connectivity index (χ1n) is 24.2. The lowest BCUT2D eigenvalue weighted by Gasteiger charge is -2.35. The number of amides is 8. The molecule has 2 fully saturated rings. The van der Waals surface area contributed by atoms with Crippen LogP contribution < -0.4 is 31.9 Å². The molecular formula is C48H84N8O11. The number of hydrogen-bond acceptors (Lipinski definition) is 11. The first-order chi connectivity index (χ1) is 31.0. The summed E-state index contributed by atoms with van der Waals surface area (Å²) in [5.74, 6) is -5.91. The van der Waals surface area contributed by atoms with Gasteiger partial charge in [0.2, 0.25) is 41.4 Å². The van der Waals surface area contributed by atoms with E-state index in [1.54, 1.807) is 76.2 Å². The molecule has 0 aromatic rings. The zero-order valence-corrected chi connectivity index (χ0v) is 43.1. The van der Waals surface area contributed by atoms with Crippen LogP contribution in [0.25, 0.3) is 0 Å². The molecule has 0 aliphatic carbocycles. The summed E-state index contributed by atoms with van der Waals surface area (Å²) in [5.41, 5.74) is -0.795. The van der Waals surface area contributed by atoms with Gasteiger partial charge < -0.3 is 51.2 Å². The molecule has 0 aromatic heterocycles. The minimum absolute atomic E-state index is 0.0126. The van der Waals surface area contributed by atoms with E-state index in [0.717, 1.165) is 0 Å². The summed E-state index contributed by atoms with van der Waals surface area (Å²) in [6.45, 7) is 27.3. The van der Waals surface area contributed by atoms with Crippen molar-refractivity contribution in [3.05, 3.63) is 0 Å². The molecular weight excluding hydrogens is 865 g/mol. The highest BCUT2D eigenvalue weighted by Gasteiger charge is 2.45. The third-order valence-corrected chi connectivity index (χ3v) is 11.9. The van der Waals surface area contributed by atoms with Gasteiger partial charge >= 0.3 is 12.1 Å². The zero-order chi connectivity index (χ0) is 51.2. The van der Waals surface area contributed by atoms with Crippen molar-refractivity contribution < 1.29 is 52.6 Å². The van der Waals surface area contributed by atoms with Crippen LogP contribution in [0.2, 0.25) is 0 Å². The molecule has 0 bridgehead atoms. The van der Waals surface area contributed by atoms with Crippen LogP contribution in [-0.4, -0.2) is 137 Å². The molecule has 67 heavy (non-hydrogen) atoms. The van der Waals surface area contributed by atoms with Gasteiger partial charge in [-0.05, 0) is 94.8 Å². The fourth-order valence-electron chi connectivity index (χ4n) is 8.29. The average Bonchev–Trinajstić information content (AvgIpc) is 3.91. The lowest BCUT2D eigenvalue weighted by Crippen LogP contribution is -2.61. The highest BCUT2D eigenvalue weighted by molar-refractivity contribution is 5.98. The number of esters is 1. The maximum atomic E-state index is 14.4. The van der Waals surface area contributed by atoms with Gasteiger partial charge in [-0.25, -0.2) is 9.59 Å². The van der Waals surface area contributed by atoms with Crippen LogP contribution in [0, 0.1) is 35.5 Å². The zero-order valence-electron chi connectivity index (χ0n) is 43.1. The quantitative estimate of drug-likeness (QED) is 0.0861. The molecule has 19 heteroatoms. The van der Waals surface area contributed by atoms with Gasteiger partial charge in [0, 0.05) is 13.1 Å². The maximum Gasteiger partial charge on any atom is 0.408 e. The van der Waals surface area contributed by atoms with Gasteiger partial charge in [0.15, 0.2) is 0 Å². The van der Waals surface area contributed by atoms with Gasteiger partial charge in [-0.15, -0.1) is 0 Å². The molecule has 2 rings (SSSR count). The van der Waals surface area contributed by atoms with Crippen molar-refractivity contribution in [2.45, 2.75) is 196 Å². The third-order valence-electron chi connectivity index (χ3n) is 11.9. The van der Waals surface area contributed by atoms with Gasteiger partial charge in [-0.1, -0.05) is 83.1 Å². The van der Waals surface area contributed by atoms with Crippen LogP contribution in [0.15, 0.2) is 0 Å². The molecule has 0 spiro atoms. The van der Waals surface area contributed by atoms with Crippen molar-refractivity contribution in [2.75, 3.05) is 20.2 Å². The predicted octanol–water partition coefficient (Wildman–Crippen LogP) is 3.17. The molecule has 0 radical (unpaired) electrons. The molecule has 8 atom stereocenters. The molecule has 2 aliphatic heterocycles. The number of nitrogens with zero attached hydrogens (tertiary/aromatic N) is 2.